The maximum atomic E-state index is 12.8. The summed E-state index contributed by atoms with van der Waals surface area (Å²) in [5, 5.41) is 0. The molecule has 0 aliphatic heterocycles. The first kappa shape index (κ1) is 14.6. The molecule has 108 valence electrons. The van der Waals surface area contributed by atoms with Gasteiger partial charge in [-0.05, 0) is 43.3 Å². The molecule has 0 atom stereocenters. The molecule has 0 aliphatic carbocycles. The number of rotatable bonds is 4. The van der Waals surface area contributed by atoms with Gasteiger partial charge in [0.2, 0.25) is 0 Å². The lowest BCUT2D eigenvalue weighted by molar-refractivity contribution is 0.0519. The maximum Gasteiger partial charge on any atom is 0.362 e. The van der Waals surface area contributed by atoms with E-state index >= 15 is 0 Å². The molecular weight excluding hydrogens is 277 g/mol. The van der Waals surface area contributed by atoms with Crippen LogP contribution in [-0.2, 0) is 4.74 Å². The van der Waals surface area contributed by atoms with Crippen LogP contribution in [0.5, 0.6) is 5.75 Å². The lowest BCUT2D eigenvalue weighted by Gasteiger charge is -2.05. The number of hydrogen-bond donors (Lipinski definition) is 0. The molecular formula is C15H12FNO4. The van der Waals surface area contributed by atoms with Gasteiger partial charge in [-0.2, -0.15) is 0 Å². The predicted molar refractivity (Wildman–Crippen MR) is 71.6 cm³/mol. The molecule has 21 heavy (non-hydrogen) atoms. The fraction of sp³-hybridized carbons (Fsp3) is 0.133. The Morgan fingerprint density at radius 2 is 1.67 bits per heavy atom. The minimum atomic E-state index is -0.743. The SMILES string of the molecule is CCOC(=O)c1cccc(C(=O)Oc2ccc(F)cc2)n1. The molecule has 5 nitrogen and oxygen atoms in total. The van der Waals surface area contributed by atoms with Gasteiger partial charge in [0.25, 0.3) is 0 Å². The molecule has 0 amide bonds. The fourth-order valence-corrected chi connectivity index (χ4v) is 1.53. The van der Waals surface area contributed by atoms with Crippen LogP contribution < -0.4 is 4.74 Å². The van der Waals surface area contributed by atoms with Gasteiger partial charge in [0, 0.05) is 0 Å². The van der Waals surface area contributed by atoms with Gasteiger partial charge in [0.15, 0.2) is 0 Å². The summed E-state index contributed by atoms with van der Waals surface area (Å²) in [6.45, 7) is 1.88. The van der Waals surface area contributed by atoms with E-state index in [9.17, 15) is 14.0 Å². The van der Waals surface area contributed by atoms with E-state index in [1.165, 1.54) is 42.5 Å². The van der Waals surface area contributed by atoms with Crippen molar-refractivity contribution < 1.29 is 23.5 Å². The quantitative estimate of drug-likeness (QED) is 0.639. The van der Waals surface area contributed by atoms with E-state index < -0.39 is 17.8 Å². The molecule has 1 aromatic heterocycles. The van der Waals surface area contributed by atoms with Crippen LogP contribution >= 0.6 is 0 Å². The number of benzene rings is 1. The summed E-state index contributed by atoms with van der Waals surface area (Å²) < 4.78 is 22.6. The number of halogens is 1. The Bertz CT molecular complexity index is 655. The van der Waals surface area contributed by atoms with Crippen molar-refractivity contribution in [3.05, 3.63) is 59.7 Å². The van der Waals surface area contributed by atoms with Crippen molar-refractivity contribution in [3.8, 4) is 5.75 Å². The van der Waals surface area contributed by atoms with Crippen molar-refractivity contribution in [2.75, 3.05) is 6.61 Å². The highest BCUT2D eigenvalue weighted by Gasteiger charge is 2.14. The number of carbonyl (C=O) groups excluding carboxylic acids is 2. The van der Waals surface area contributed by atoms with Crippen molar-refractivity contribution in [2.24, 2.45) is 0 Å². The zero-order chi connectivity index (χ0) is 15.2. The summed E-state index contributed by atoms with van der Waals surface area (Å²) in [6, 6.07) is 9.34. The molecule has 0 spiro atoms. The van der Waals surface area contributed by atoms with E-state index in [0.29, 0.717) is 0 Å². The maximum absolute atomic E-state index is 12.8. The van der Waals surface area contributed by atoms with Crippen LogP contribution in [0.4, 0.5) is 4.39 Å². The molecule has 0 radical (unpaired) electrons. The van der Waals surface area contributed by atoms with Crippen molar-refractivity contribution in [1.29, 1.82) is 0 Å². The Morgan fingerprint density at radius 1 is 1.05 bits per heavy atom. The van der Waals surface area contributed by atoms with E-state index in [2.05, 4.69) is 4.98 Å². The first-order chi connectivity index (χ1) is 10.1. The largest absolute Gasteiger partial charge is 0.461 e. The van der Waals surface area contributed by atoms with Crippen LogP contribution in [0.25, 0.3) is 0 Å². The Balaban J connectivity index is 2.14. The molecule has 0 aliphatic rings. The highest BCUT2D eigenvalue weighted by Crippen LogP contribution is 2.13. The van der Waals surface area contributed by atoms with Crippen molar-refractivity contribution in [1.82, 2.24) is 4.98 Å². The predicted octanol–water partition coefficient (Wildman–Crippen LogP) is 2.62. The van der Waals surface area contributed by atoms with Gasteiger partial charge in [0.05, 0.1) is 6.61 Å². The van der Waals surface area contributed by atoms with Gasteiger partial charge < -0.3 is 9.47 Å². The molecule has 2 rings (SSSR count). The first-order valence-electron chi connectivity index (χ1n) is 6.22. The lowest BCUT2D eigenvalue weighted by Crippen LogP contribution is -2.14. The monoisotopic (exact) mass is 289 g/mol. The molecule has 0 N–H and O–H groups in total. The number of aromatic nitrogens is 1. The topological polar surface area (TPSA) is 65.5 Å². The number of pyridine rings is 1. The highest BCUT2D eigenvalue weighted by molar-refractivity contribution is 5.92. The van der Waals surface area contributed by atoms with Crippen molar-refractivity contribution in [3.63, 3.8) is 0 Å². The second-order valence-electron chi connectivity index (χ2n) is 3.97. The van der Waals surface area contributed by atoms with Crippen LogP contribution in [0.2, 0.25) is 0 Å². The smallest absolute Gasteiger partial charge is 0.362 e. The molecule has 2 aromatic rings. The number of hydrogen-bond acceptors (Lipinski definition) is 5. The highest BCUT2D eigenvalue weighted by atomic mass is 19.1. The average Bonchev–Trinajstić information content (AvgIpc) is 2.50. The molecule has 1 aromatic carbocycles. The normalized spacial score (nSPS) is 10.0. The molecule has 0 fully saturated rings. The zero-order valence-corrected chi connectivity index (χ0v) is 11.2. The summed E-state index contributed by atoms with van der Waals surface area (Å²) in [6.07, 6.45) is 0. The summed E-state index contributed by atoms with van der Waals surface area (Å²) in [4.78, 5) is 27.3. The lowest BCUT2D eigenvalue weighted by atomic mass is 10.3. The van der Waals surface area contributed by atoms with Gasteiger partial charge >= 0.3 is 11.9 Å². The minimum absolute atomic E-state index is 0.0189. The van der Waals surface area contributed by atoms with Crippen LogP contribution in [0.15, 0.2) is 42.5 Å². The van der Waals surface area contributed by atoms with Crippen LogP contribution in [0, 0.1) is 5.82 Å². The second-order valence-corrected chi connectivity index (χ2v) is 3.97. The minimum Gasteiger partial charge on any atom is -0.461 e. The van der Waals surface area contributed by atoms with E-state index in [1.807, 2.05) is 0 Å². The summed E-state index contributed by atoms with van der Waals surface area (Å²) in [5.41, 5.74) is -0.0183. The van der Waals surface area contributed by atoms with Crippen LogP contribution in [0.1, 0.15) is 27.9 Å². The standard InChI is InChI=1S/C15H12FNO4/c1-2-20-14(18)12-4-3-5-13(17-12)15(19)21-11-8-6-10(16)7-9-11/h3-9H,2H2,1H3. The van der Waals surface area contributed by atoms with E-state index in [4.69, 9.17) is 9.47 Å². The molecule has 0 saturated carbocycles. The molecule has 0 saturated heterocycles. The van der Waals surface area contributed by atoms with Crippen LogP contribution in [0.3, 0.4) is 0 Å². The van der Waals surface area contributed by atoms with Gasteiger partial charge in [-0.25, -0.2) is 19.0 Å². The number of carbonyl (C=O) groups is 2. The average molecular weight is 289 g/mol. The Morgan fingerprint density at radius 3 is 2.29 bits per heavy atom. The molecule has 1 heterocycles. The summed E-state index contributed by atoms with van der Waals surface area (Å²) >= 11 is 0. The number of nitrogens with zero attached hydrogens (tertiary/aromatic N) is 1. The third-order valence-electron chi connectivity index (χ3n) is 2.47. The van der Waals surface area contributed by atoms with E-state index in [1.54, 1.807) is 6.92 Å². The second kappa shape index (κ2) is 6.60. The fourth-order valence-electron chi connectivity index (χ4n) is 1.53. The number of esters is 2. The van der Waals surface area contributed by atoms with Gasteiger partial charge in [-0.15, -0.1) is 0 Å². The van der Waals surface area contributed by atoms with E-state index in [-0.39, 0.29) is 23.7 Å². The van der Waals surface area contributed by atoms with E-state index in [0.717, 1.165) is 0 Å². The Labute approximate surface area is 120 Å². The summed E-state index contributed by atoms with van der Waals surface area (Å²) in [7, 11) is 0. The third kappa shape index (κ3) is 3.85. The Kier molecular flexibility index (Phi) is 4.61. The Hall–Kier alpha value is -2.76. The van der Waals surface area contributed by atoms with Gasteiger partial charge in [-0.3, -0.25) is 0 Å². The zero-order valence-electron chi connectivity index (χ0n) is 11.2. The molecule has 6 heteroatoms. The van der Waals surface area contributed by atoms with Gasteiger partial charge in [-0.1, -0.05) is 6.07 Å². The van der Waals surface area contributed by atoms with Crippen LogP contribution in [-0.4, -0.2) is 23.5 Å². The van der Waals surface area contributed by atoms with Crippen molar-refractivity contribution in [2.45, 2.75) is 6.92 Å². The third-order valence-corrected chi connectivity index (χ3v) is 2.47. The molecule has 0 bridgehead atoms. The number of ether oxygens (including phenoxy) is 2. The molecule has 0 unspecified atom stereocenters. The van der Waals surface area contributed by atoms with Crippen molar-refractivity contribution >= 4 is 11.9 Å². The summed E-state index contributed by atoms with van der Waals surface area (Å²) in [5.74, 6) is -1.61. The van der Waals surface area contributed by atoms with Gasteiger partial charge in [0.1, 0.15) is 23.0 Å². The first-order valence-corrected chi connectivity index (χ1v) is 6.22.